The van der Waals surface area contributed by atoms with Gasteiger partial charge in [-0.3, -0.25) is 51.6 Å². The van der Waals surface area contributed by atoms with Crippen LogP contribution < -0.4 is 32.3 Å². The molecule has 16 N–H and O–H groups in total. The summed E-state index contributed by atoms with van der Waals surface area (Å²) in [6, 6.07) is 0.788. The van der Waals surface area contributed by atoms with Gasteiger partial charge in [0.15, 0.2) is 134 Å². The number of methoxy groups -OCH3 is 2. The van der Waals surface area contributed by atoms with Crippen molar-refractivity contribution in [3.63, 3.8) is 0 Å². The average molecular weight is 2130 g/mol. The molecule has 10 aliphatic heterocycles. The van der Waals surface area contributed by atoms with Gasteiger partial charge >= 0.3 is 35.8 Å². The van der Waals surface area contributed by atoms with Crippen LogP contribution in [0.5, 0.6) is 0 Å². The minimum Gasteiger partial charge on any atom is -0.469 e. The lowest BCUT2D eigenvalue weighted by molar-refractivity contribution is -0.165. The number of aromatic nitrogens is 20. The molecule has 0 bridgehead atoms. The molecule has 10 saturated heterocycles. The van der Waals surface area contributed by atoms with Crippen LogP contribution in [0.3, 0.4) is 0 Å². The van der Waals surface area contributed by atoms with Crippen molar-refractivity contribution in [1.29, 1.82) is 0 Å². The van der Waals surface area contributed by atoms with Gasteiger partial charge in [-0.2, -0.15) is 0 Å². The van der Waals surface area contributed by atoms with Gasteiger partial charge in [0, 0.05) is 73.3 Å². The second kappa shape index (κ2) is 54.2. The number of ether oxygens (including phenoxy) is 16. The monoisotopic (exact) mass is 2130 g/mol. The molecule has 19 unspecified atom stereocenters. The molecule has 10 aromatic rings. The number of nitrogens with zero attached hydrogens (tertiary/aromatic N) is 20. The second-order valence-electron chi connectivity index (χ2n) is 34.1. The zero-order valence-electron chi connectivity index (χ0n) is 78.2. The third kappa shape index (κ3) is 27.0. The van der Waals surface area contributed by atoms with Crippen LogP contribution in [0, 0.1) is 0 Å². The Kier molecular flexibility index (Phi) is 43.3. The van der Waals surface area contributed by atoms with Crippen LogP contribution >= 0.6 is 23.2 Å². The number of aliphatic hydroxyl groups is 9. The third-order valence-electron chi connectivity index (χ3n) is 24.2. The summed E-state index contributed by atoms with van der Waals surface area (Å²) in [6.07, 6.45) is -5.59. The summed E-state index contributed by atoms with van der Waals surface area (Å²) in [5.74, 6) is -1.10. The van der Waals surface area contributed by atoms with E-state index in [-0.39, 0.29) is 91.2 Å². The van der Waals surface area contributed by atoms with Gasteiger partial charge in [-0.1, -0.05) is 48.7 Å². The first kappa shape index (κ1) is 118. The Morgan fingerprint density at radius 1 is 0.385 bits per heavy atom. The van der Waals surface area contributed by atoms with E-state index in [1.165, 1.54) is 106 Å². The van der Waals surface area contributed by atoms with Crippen molar-refractivity contribution in [2.45, 2.75) is 270 Å². The smallest absolute Gasteiger partial charge is 0.308 e. The lowest BCUT2D eigenvalue weighted by atomic mass is 10.1. The fourth-order valence-corrected chi connectivity index (χ4v) is 17.7. The minimum atomic E-state index is -1.23. The Balaban J connectivity index is 0.000000187. The van der Waals surface area contributed by atoms with Crippen LogP contribution in [0.4, 0.5) is 29.2 Å². The molecule has 10 aliphatic rings. The summed E-state index contributed by atoms with van der Waals surface area (Å²) >= 11 is 12.4. The van der Waals surface area contributed by atoms with Gasteiger partial charge in [0.1, 0.15) is 104 Å². The topological polar surface area (TPSA) is 736 Å². The van der Waals surface area contributed by atoms with E-state index in [0.29, 0.717) is 150 Å². The summed E-state index contributed by atoms with van der Waals surface area (Å²) in [6.45, 7) is 12.8. The summed E-state index contributed by atoms with van der Waals surface area (Å²) in [7, 11) is 2.46. The average Bonchev–Trinajstić information content (AvgIpc) is 1.60. The Labute approximate surface area is 857 Å². The number of esters is 6. The van der Waals surface area contributed by atoms with Gasteiger partial charge in [0.2, 0.25) is 11.2 Å². The number of carbonyl (C=O) groups is 6. The number of hydrogen-bond donors (Lipinski definition) is 15. The van der Waals surface area contributed by atoms with Crippen molar-refractivity contribution < 1.29 is 151 Å². The van der Waals surface area contributed by atoms with Gasteiger partial charge in [-0.05, 0) is 50.6 Å². The number of fused-ring (bicyclic) bond motifs is 5. The third-order valence-corrected chi connectivity index (χ3v) is 24.7. The highest BCUT2D eigenvalue weighted by atomic mass is 35.5. The van der Waals surface area contributed by atoms with Crippen molar-refractivity contribution in [3.05, 3.63) is 61.1 Å². The van der Waals surface area contributed by atoms with Gasteiger partial charge in [0.05, 0.1) is 123 Å². The van der Waals surface area contributed by atoms with E-state index >= 15 is 0 Å². The molecule has 0 aromatic carbocycles. The van der Waals surface area contributed by atoms with Gasteiger partial charge in [-0.25, -0.2) is 74.8 Å². The molecule has 818 valence electrons. The molecule has 0 spiro atoms. The summed E-state index contributed by atoms with van der Waals surface area (Å²) in [5, 5.41) is 104. The molecular weight excluding hydrogens is 2000 g/mol. The first-order chi connectivity index (χ1) is 69.0. The maximum absolute atomic E-state index is 12.0. The van der Waals surface area contributed by atoms with Crippen molar-refractivity contribution in [3.8, 4) is 0 Å². The molecule has 10 aromatic heterocycles. The molecule has 59 heteroatoms. The summed E-state index contributed by atoms with van der Waals surface area (Å²) < 4.78 is 93.9. The predicted octanol–water partition coefficient (Wildman–Crippen LogP) is 1.07. The highest BCUT2D eigenvalue weighted by Crippen LogP contribution is 2.44. The normalized spacial score (nSPS) is 28.5. The number of carbonyl (C=O) groups excluding carboxylic acids is 6. The van der Waals surface area contributed by atoms with Gasteiger partial charge < -0.3 is 154 Å². The molecule has 0 saturated carbocycles. The highest BCUT2D eigenvalue weighted by Gasteiger charge is 2.55. The minimum absolute atomic E-state index is 0. The molecule has 20 rings (SSSR count). The maximum atomic E-state index is 12.0. The van der Waals surface area contributed by atoms with Crippen molar-refractivity contribution >= 4 is 144 Å². The lowest BCUT2D eigenvalue weighted by Gasteiger charge is -2.24. The van der Waals surface area contributed by atoms with Crippen LogP contribution in [0.15, 0.2) is 50.6 Å². The molecule has 57 nitrogen and oxygen atoms in total. The standard InChI is InChI=1S/C20H24ClN5O8.C20H25N5O8.C16H24N6O5.C14H19N5O5.C10H11ClN4O4.C4H9NO.5CH4/c1-9(27)32-15-12(6-13(29)30-3)34-19(16(15)33-10(2)28)26-18-14(25-20(26)21)17(22-8-23-18)24-11-4-5-31-7-11;1-10(26)31-16-13(6-14(28)29-3)33-20(17(16)32-11(2)27)25-9-23-15-18(21-8-22-19(15)25)24-12-4-5-30-7-12;1-2-17-16-21-10-13(20-8-3-4-26-6-8)18-7-19-14(10)22(16)15-12(25)11(24)9(5-23)27-15;20-3-8-10(21)11(22)14(24-8)19-6-17-9-12(15-5-16-13(9)19)18-7-1-2-23-4-7;11-8-5-9(13-2-12-8)15(3-14-5)10-7(18)6(17)4(1-16)19-10;5-4-1-2-6-3-4;;;;;/h8,11-12,15-16,19H,4-7H2,1-3H3,(H,22,23,24);8-9,12-13,16-17,20H,4-7H2,1-3H3,(H,21,22,24);7-9,11-12,15,23-25H,2-6H2,1H3,(H,17,21)(H,18,19,20);5-8,10-11,14,20-22H,1-4H2,(H,15,16,18);2-4,6-7,10,16-18H,1H2;4H,1-3,5H2;5*1H4/t;;8?,9?,11-,12-,15?;7?,8?,10-,11-,14?;4?,6-,7-,10?;;;;;;/m..111....../s1. The number of nitrogens with two attached hydrogens (primary N) is 1. The summed E-state index contributed by atoms with van der Waals surface area (Å²) in [4.78, 5) is 135. The van der Waals surface area contributed by atoms with Crippen LogP contribution in [0.2, 0.25) is 10.4 Å². The SMILES string of the molecule is C.C.C.C.C.CCNc1nc2c(NC3CCOC3)ncnc2n1C1OC(CO)[C@@H](O)[C@H]1O.COC(=O)CC1OC(n2c(Cl)nc3c(NC4CCOC4)ncnc32)C(OC(C)=O)C1OC(C)=O.COC(=O)CC1OC(n2cnc3c(NC4CCOC4)ncnc32)C(OC(C)=O)C1OC(C)=O.NC1CCOC1.OCC1OC(n2cnc3c(Cl)ncnc32)[C@H](O)[C@@H]1O.OCC1OC(n2cnc3c(NC4CCOC4)ncnc32)[C@H](O)[C@@H]1O. The van der Waals surface area contributed by atoms with Crippen LogP contribution in [-0.4, -0.2) is 408 Å². The lowest BCUT2D eigenvalue weighted by Crippen LogP contribution is -2.39. The van der Waals surface area contributed by atoms with E-state index < -0.39 is 172 Å². The second-order valence-corrected chi connectivity index (χ2v) is 34.8. The Morgan fingerprint density at radius 3 is 1.07 bits per heavy atom. The molecule has 148 heavy (non-hydrogen) atoms. The quantitative estimate of drug-likeness (QED) is 0.0156. The number of aliphatic hydroxyl groups excluding tert-OH is 9. The molecule has 0 amide bonds. The van der Waals surface area contributed by atoms with E-state index in [2.05, 4.69) is 101 Å². The van der Waals surface area contributed by atoms with E-state index in [9.17, 15) is 69.6 Å². The first-order valence-electron chi connectivity index (χ1n) is 45.7. The number of hydrogen-bond acceptors (Lipinski definition) is 52. The Bertz CT molecular complexity index is 5990. The molecular formula is C89H132Cl2N26O31. The fourth-order valence-electron chi connectivity index (χ4n) is 17.3. The van der Waals surface area contributed by atoms with Crippen LogP contribution in [0.25, 0.3) is 55.8 Å². The van der Waals surface area contributed by atoms with Crippen molar-refractivity contribution in [2.75, 3.05) is 133 Å². The van der Waals surface area contributed by atoms with Gasteiger partial charge in [0.25, 0.3) is 0 Å². The molecule has 0 aliphatic carbocycles. The van der Waals surface area contributed by atoms with E-state index in [4.69, 9.17) is 110 Å². The van der Waals surface area contributed by atoms with Crippen LogP contribution in [-0.2, 0) is 105 Å². The van der Waals surface area contributed by atoms with Gasteiger partial charge in [-0.15, -0.1) is 0 Å². The number of halogens is 2. The largest absolute Gasteiger partial charge is 0.469 e. The van der Waals surface area contributed by atoms with E-state index in [0.717, 1.165) is 45.3 Å². The van der Waals surface area contributed by atoms with E-state index in [1.54, 1.807) is 9.13 Å². The molecule has 10 fully saturated rings. The fraction of sp³-hybridized carbons (Fsp3) is 0.652. The van der Waals surface area contributed by atoms with Crippen LogP contribution in [0.1, 0.15) is 148 Å². The Hall–Kier alpha value is -11.6. The zero-order valence-corrected chi connectivity index (χ0v) is 79.7. The van der Waals surface area contributed by atoms with E-state index in [1.807, 2.05) is 6.92 Å². The predicted molar refractivity (Wildman–Crippen MR) is 522 cm³/mol. The molecule has 25 atom stereocenters. The molecule has 0 radical (unpaired) electrons. The maximum Gasteiger partial charge on any atom is 0.308 e. The molecule has 20 heterocycles. The zero-order chi connectivity index (χ0) is 102. The van der Waals surface area contributed by atoms with Crippen molar-refractivity contribution in [1.82, 2.24) is 97.6 Å². The first-order valence-corrected chi connectivity index (χ1v) is 46.5. The highest BCUT2D eigenvalue weighted by molar-refractivity contribution is 6.33. The number of anilines is 5. The Morgan fingerprint density at radius 2 is 0.709 bits per heavy atom. The summed E-state index contributed by atoms with van der Waals surface area (Å²) in [5.41, 5.74) is 9.72. The number of nitrogens with one attached hydrogen (secondary N) is 5. The number of rotatable bonds is 26. The van der Waals surface area contributed by atoms with Crippen molar-refractivity contribution in [2.24, 2.45) is 5.73 Å². The number of imidazole rings is 5.